The van der Waals surface area contributed by atoms with Crippen molar-refractivity contribution in [2.45, 2.75) is 51.2 Å². The summed E-state index contributed by atoms with van der Waals surface area (Å²) in [6, 6.07) is 5.51. The Labute approximate surface area is 217 Å². The minimum absolute atomic E-state index is 0.00362. The van der Waals surface area contributed by atoms with Gasteiger partial charge in [-0.1, -0.05) is 0 Å². The summed E-state index contributed by atoms with van der Waals surface area (Å²) in [5, 5.41) is 14.7. The number of aryl methyl sites for hydroxylation is 1. The van der Waals surface area contributed by atoms with E-state index in [2.05, 4.69) is 20.1 Å². The molecule has 6 rings (SSSR count). The van der Waals surface area contributed by atoms with Gasteiger partial charge in [-0.15, -0.1) is 5.10 Å². The molecule has 0 saturated carbocycles. The Morgan fingerprint density at radius 1 is 1.16 bits per heavy atom. The van der Waals surface area contributed by atoms with Crippen LogP contribution in [-0.2, 0) is 0 Å². The van der Waals surface area contributed by atoms with Crippen LogP contribution in [0.1, 0.15) is 54.5 Å². The maximum atomic E-state index is 14.3. The summed E-state index contributed by atoms with van der Waals surface area (Å²) in [5.74, 6) is -0.778. The van der Waals surface area contributed by atoms with Gasteiger partial charge < -0.3 is 20.6 Å². The highest BCUT2D eigenvalue weighted by Crippen LogP contribution is 2.32. The molecular weight excluding hydrogens is 494 g/mol. The molecule has 0 bridgehead atoms. The number of likely N-dealkylation sites (tertiary alicyclic amines) is 1. The molecule has 5 heterocycles. The molecule has 10 nitrogen and oxygen atoms in total. The number of carbonyl (C=O) groups excluding carboxylic acids is 1. The minimum Gasteiger partial charge on any atom is -0.386 e. The molecule has 198 valence electrons. The number of rotatable bonds is 3. The molecule has 38 heavy (non-hydrogen) atoms. The van der Waals surface area contributed by atoms with Gasteiger partial charge in [-0.25, -0.2) is 23.7 Å². The van der Waals surface area contributed by atoms with E-state index >= 15 is 0 Å². The zero-order chi connectivity index (χ0) is 26.9. The van der Waals surface area contributed by atoms with Gasteiger partial charge in [0.15, 0.2) is 17.3 Å². The molecule has 0 unspecified atom stereocenters. The summed E-state index contributed by atoms with van der Waals surface area (Å²) < 4.78 is 29.6. The number of benzene rings is 1. The first-order valence-electron chi connectivity index (χ1n) is 12.6. The Kier molecular flexibility index (Phi) is 5.49. The zero-order valence-corrected chi connectivity index (χ0v) is 21.3. The van der Waals surface area contributed by atoms with Gasteiger partial charge in [0.05, 0.1) is 22.2 Å². The van der Waals surface area contributed by atoms with Crippen molar-refractivity contribution < 1.29 is 18.7 Å². The third-order valence-corrected chi connectivity index (χ3v) is 7.53. The normalized spacial score (nSPS) is 21.2. The number of hydrogen-bond acceptors (Lipinski definition) is 8. The van der Waals surface area contributed by atoms with Crippen molar-refractivity contribution in [1.82, 2.24) is 29.5 Å². The van der Waals surface area contributed by atoms with Crippen LogP contribution in [0.5, 0.6) is 0 Å². The smallest absolute Gasteiger partial charge is 0.255 e. The maximum absolute atomic E-state index is 14.3. The Bertz CT molecular complexity index is 1600. The largest absolute Gasteiger partial charge is 0.386 e. The van der Waals surface area contributed by atoms with Crippen LogP contribution in [0.25, 0.3) is 16.6 Å². The Morgan fingerprint density at radius 3 is 2.63 bits per heavy atom. The van der Waals surface area contributed by atoms with E-state index < -0.39 is 17.2 Å². The van der Waals surface area contributed by atoms with Gasteiger partial charge in [0, 0.05) is 37.7 Å². The number of hydrogen-bond donors (Lipinski definition) is 2. The van der Waals surface area contributed by atoms with Gasteiger partial charge in [0.2, 0.25) is 5.95 Å². The molecule has 2 atom stereocenters. The zero-order valence-electron chi connectivity index (χ0n) is 21.3. The molecule has 3 aromatic heterocycles. The van der Waals surface area contributed by atoms with E-state index in [0.29, 0.717) is 36.7 Å². The third-order valence-electron chi connectivity index (χ3n) is 7.53. The number of pyridine rings is 1. The Morgan fingerprint density at radius 2 is 1.92 bits per heavy atom. The van der Waals surface area contributed by atoms with Crippen LogP contribution < -0.4 is 10.6 Å². The van der Waals surface area contributed by atoms with Crippen molar-refractivity contribution in [3.05, 3.63) is 53.0 Å². The second-order valence-electron chi connectivity index (χ2n) is 10.7. The highest BCUT2D eigenvalue weighted by Gasteiger charge is 2.38. The lowest BCUT2D eigenvalue weighted by Gasteiger charge is -2.45. The van der Waals surface area contributed by atoms with Crippen LogP contribution >= 0.6 is 0 Å². The van der Waals surface area contributed by atoms with E-state index in [9.17, 15) is 18.7 Å². The fourth-order valence-electron chi connectivity index (χ4n) is 5.49. The molecule has 12 heteroatoms. The molecule has 1 amide bonds. The van der Waals surface area contributed by atoms with Crippen molar-refractivity contribution >= 4 is 34.2 Å². The van der Waals surface area contributed by atoms with Crippen LogP contribution in [0.3, 0.4) is 0 Å². The standard InChI is InChI=1S/C26H28F2N8O2/c1-13-4-5-15(22-32-23-18-8-16(27)9-19(28)21(18)31-25(29)36(23)33-22)10-35(13)24(37)17-6-7-20(30-14(17)2)34-11-26(3,38)12-34/h6-9,13,15,38H,4-5,10-12H2,1-3H3,(H2,29,31)/t13-,15+/m0/s1. The van der Waals surface area contributed by atoms with Gasteiger partial charge >= 0.3 is 0 Å². The second-order valence-corrected chi connectivity index (χ2v) is 10.7. The third kappa shape index (κ3) is 3.99. The number of fused-ring (bicyclic) bond motifs is 3. The molecule has 0 aliphatic carbocycles. The van der Waals surface area contributed by atoms with Crippen LogP contribution in [-0.4, -0.2) is 71.8 Å². The lowest BCUT2D eigenvalue weighted by molar-refractivity contribution is 0.0304. The van der Waals surface area contributed by atoms with Crippen LogP contribution in [0.4, 0.5) is 20.5 Å². The minimum atomic E-state index is -0.823. The first kappa shape index (κ1) is 24.4. The summed E-state index contributed by atoms with van der Waals surface area (Å²) in [6.07, 6.45) is 1.47. The number of amides is 1. The lowest BCUT2D eigenvalue weighted by atomic mass is 9.92. The number of nitrogens with two attached hydrogens (primary N) is 1. The number of anilines is 2. The van der Waals surface area contributed by atoms with Crippen molar-refractivity contribution in [2.24, 2.45) is 0 Å². The molecule has 3 N–H and O–H groups in total. The highest BCUT2D eigenvalue weighted by molar-refractivity contribution is 5.96. The average Bonchev–Trinajstić information content (AvgIpc) is 3.30. The van der Waals surface area contributed by atoms with Gasteiger partial charge in [-0.2, -0.15) is 4.52 Å². The van der Waals surface area contributed by atoms with E-state index in [4.69, 9.17) is 5.73 Å². The summed E-state index contributed by atoms with van der Waals surface area (Å²) in [5.41, 5.74) is 6.59. The Hall–Kier alpha value is -3.93. The molecular formula is C26H28F2N8O2. The van der Waals surface area contributed by atoms with Crippen LogP contribution in [0.15, 0.2) is 24.3 Å². The lowest BCUT2D eigenvalue weighted by Crippen LogP contribution is -2.60. The molecule has 0 radical (unpaired) electrons. The number of carbonyl (C=O) groups is 1. The predicted octanol–water partition coefficient (Wildman–Crippen LogP) is 2.82. The van der Waals surface area contributed by atoms with E-state index in [1.165, 1.54) is 4.52 Å². The van der Waals surface area contributed by atoms with Gasteiger partial charge in [0.25, 0.3) is 5.91 Å². The monoisotopic (exact) mass is 522 g/mol. The topological polar surface area (TPSA) is 126 Å². The average molecular weight is 523 g/mol. The highest BCUT2D eigenvalue weighted by atomic mass is 19.1. The fraction of sp³-hybridized carbons (Fsp3) is 0.423. The molecule has 4 aromatic rings. The summed E-state index contributed by atoms with van der Waals surface area (Å²) >= 11 is 0. The SMILES string of the molecule is Cc1nc(N2CC(C)(O)C2)ccc1C(=O)N1C[C@H](c2nc3c4cc(F)cc(F)c4nc(N)n3n2)CC[C@@H]1C. The summed E-state index contributed by atoms with van der Waals surface area (Å²) in [6.45, 7) is 6.97. The number of nitrogens with zero attached hydrogens (tertiary/aromatic N) is 7. The van der Waals surface area contributed by atoms with Gasteiger partial charge in [0.1, 0.15) is 17.2 Å². The van der Waals surface area contributed by atoms with Crippen LogP contribution in [0, 0.1) is 18.6 Å². The molecule has 2 fully saturated rings. The van der Waals surface area contributed by atoms with E-state index in [1.54, 1.807) is 17.9 Å². The number of aliphatic hydroxyl groups is 1. The fourth-order valence-corrected chi connectivity index (χ4v) is 5.49. The van der Waals surface area contributed by atoms with Crippen molar-refractivity contribution in [3.63, 3.8) is 0 Å². The first-order valence-corrected chi connectivity index (χ1v) is 12.6. The molecule has 0 spiro atoms. The van der Waals surface area contributed by atoms with E-state index in [0.717, 1.165) is 30.8 Å². The molecule has 2 aliphatic heterocycles. The number of β-amino-alcohol motifs (C(OH)–C–C–N with tert-alkyl or cyclic N) is 1. The second kappa shape index (κ2) is 8.55. The summed E-state index contributed by atoms with van der Waals surface area (Å²) in [4.78, 5) is 30.7. The van der Waals surface area contributed by atoms with Crippen LogP contribution in [0.2, 0.25) is 0 Å². The van der Waals surface area contributed by atoms with E-state index in [-0.39, 0.29) is 40.4 Å². The van der Waals surface area contributed by atoms with Gasteiger partial charge in [-0.05, 0) is 51.8 Å². The first-order chi connectivity index (χ1) is 18.0. The van der Waals surface area contributed by atoms with E-state index in [1.807, 2.05) is 24.8 Å². The molecule has 1 aromatic carbocycles. The number of nitrogen functional groups attached to an aromatic ring is 1. The Balaban J connectivity index is 1.28. The predicted molar refractivity (Wildman–Crippen MR) is 137 cm³/mol. The van der Waals surface area contributed by atoms with Crippen molar-refractivity contribution in [2.75, 3.05) is 30.3 Å². The molecule has 2 saturated heterocycles. The number of piperidine rings is 1. The quantitative estimate of drug-likeness (QED) is 0.421. The summed E-state index contributed by atoms with van der Waals surface area (Å²) in [7, 11) is 0. The molecule has 2 aliphatic rings. The maximum Gasteiger partial charge on any atom is 0.255 e. The number of halogens is 2. The number of aromatic nitrogens is 5. The van der Waals surface area contributed by atoms with Crippen molar-refractivity contribution in [3.8, 4) is 0 Å². The van der Waals surface area contributed by atoms with Crippen molar-refractivity contribution in [1.29, 1.82) is 0 Å². The van der Waals surface area contributed by atoms with Gasteiger partial charge in [-0.3, -0.25) is 4.79 Å².